The molecule has 0 aliphatic heterocycles. The number of nitrogens with one attached hydrogen (secondary N) is 2. The first-order valence-electron chi connectivity index (χ1n) is 8.79. The second-order valence-corrected chi connectivity index (χ2v) is 6.11. The van der Waals surface area contributed by atoms with E-state index in [9.17, 15) is 4.79 Å². The molecule has 3 aromatic heterocycles. The highest BCUT2D eigenvalue weighted by Crippen LogP contribution is 2.08. The largest absolute Gasteiger partial charge is 0.367 e. The van der Waals surface area contributed by atoms with Crippen LogP contribution in [0.2, 0.25) is 0 Å². The number of aryl methyl sites for hydroxylation is 1. The van der Waals surface area contributed by atoms with Crippen LogP contribution in [0.5, 0.6) is 0 Å². The molecule has 0 bridgehead atoms. The highest BCUT2D eigenvalue weighted by atomic mass is 16.1. The lowest BCUT2D eigenvalue weighted by molar-refractivity contribution is 0.0950. The van der Waals surface area contributed by atoms with Crippen molar-refractivity contribution >= 4 is 22.8 Å². The van der Waals surface area contributed by atoms with Crippen LogP contribution in [0.15, 0.2) is 54.9 Å². The number of para-hydroxylation sites is 2. The number of hydrogen-bond acceptors (Lipinski definition) is 7. The van der Waals surface area contributed by atoms with Crippen molar-refractivity contribution in [1.82, 2.24) is 35.3 Å². The summed E-state index contributed by atoms with van der Waals surface area (Å²) >= 11 is 0. The van der Waals surface area contributed by atoms with Gasteiger partial charge in [-0.2, -0.15) is 5.10 Å². The van der Waals surface area contributed by atoms with Gasteiger partial charge in [-0.1, -0.05) is 12.1 Å². The van der Waals surface area contributed by atoms with E-state index in [1.165, 1.54) is 6.20 Å². The molecule has 0 unspecified atom stereocenters. The Labute approximate surface area is 160 Å². The van der Waals surface area contributed by atoms with Gasteiger partial charge in [0.1, 0.15) is 11.5 Å². The molecular formula is C19H18N8O. The second kappa shape index (κ2) is 7.78. The summed E-state index contributed by atoms with van der Waals surface area (Å²) in [7, 11) is 0. The van der Waals surface area contributed by atoms with E-state index in [-0.39, 0.29) is 11.6 Å². The van der Waals surface area contributed by atoms with Crippen LogP contribution >= 0.6 is 0 Å². The molecule has 0 saturated carbocycles. The Balaban J connectivity index is 1.28. The van der Waals surface area contributed by atoms with Gasteiger partial charge in [0, 0.05) is 19.3 Å². The van der Waals surface area contributed by atoms with Crippen LogP contribution in [0.3, 0.4) is 0 Å². The van der Waals surface area contributed by atoms with Crippen LogP contribution in [0.1, 0.15) is 16.2 Å². The first kappa shape index (κ1) is 17.5. The fourth-order valence-corrected chi connectivity index (χ4v) is 2.61. The summed E-state index contributed by atoms with van der Waals surface area (Å²) in [6.45, 7) is 2.83. The summed E-state index contributed by atoms with van der Waals surface area (Å²) in [4.78, 5) is 20.8. The summed E-state index contributed by atoms with van der Waals surface area (Å²) in [5.41, 5.74) is 2.65. The number of aromatic nitrogens is 6. The third-order valence-corrected chi connectivity index (χ3v) is 4.01. The van der Waals surface area contributed by atoms with Crippen molar-refractivity contribution in [3.8, 4) is 5.82 Å². The predicted molar refractivity (Wildman–Crippen MR) is 104 cm³/mol. The Morgan fingerprint density at radius 1 is 1.04 bits per heavy atom. The zero-order valence-corrected chi connectivity index (χ0v) is 15.2. The maximum absolute atomic E-state index is 12.2. The van der Waals surface area contributed by atoms with E-state index in [0.717, 1.165) is 11.2 Å². The molecule has 0 aliphatic rings. The first-order chi connectivity index (χ1) is 13.7. The van der Waals surface area contributed by atoms with E-state index in [1.807, 2.05) is 55.6 Å². The lowest BCUT2D eigenvalue weighted by atomic mass is 10.3. The smallest absolute Gasteiger partial charge is 0.271 e. The van der Waals surface area contributed by atoms with Gasteiger partial charge >= 0.3 is 0 Å². The molecule has 3 heterocycles. The number of fused-ring (bicyclic) bond motifs is 1. The van der Waals surface area contributed by atoms with Crippen LogP contribution in [-0.2, 0) is 0 Å². The zero-order valence-electron chi connectivity index (χ0n) is 15.2. The molecular weight excluding hydrogens is 356 g/mol. The molecule has 0 spiro atoms. The molecule has 4 aromatic rings. The number of hydrogen-bond donors (Lipinski definition) is 2. The molecule has 1 aromatic carbocycles. The molecule has 140 valence electrons. The normalized spacial score (nSPS) is 10.8. The molecule has 9 heteroatoms. The zero-order chi connectivity index (χ0) is 19.3. The molecule has 1 amide bonds. The van der Waals surface area contributed by atoms with Crippen LogP contribution in [0.25, 0.3) is 16.9 Å². The Bertz CT molecular complexity index is 1110. The van der Waals surface area contributed by atoms with E-state index < -0.39 is 0 Å². The van der Waals surface area contributed by atoms with E-state index >= 15 is 0 Å². The molecule has 28 heavy (non-hydrogen) atoms. The molecule has 0 aliphatic carbocycles. The monoisotopic (exact) mass is 374 g/mol. The van der Waals surface area contributed by atoms with E-state index in [4.69, 9.17) is 0 Å². The van der Waals surface area contributed by atoms with Crippen molar-refractivity contribution in [2.45, 2.75) is 6.92 Å². The van der Waals surface area contributed by atoms with Crippen LogP contribution in [0, 0.1) is 6.92 Å². The number of amides is 1. The number of anilines is 1. The fraction of sp³-hybridized carbons (Fsp3) is 0.158. The lowest BCUT2D eigenvalue weighted by Gasteiger charge is -2.07. The molecule has 0 radical (unpaired) electrons. The number of rotatable bonds is 6. The quantitative estimate of drug-likeness (QED) is 0.495. The molecule has 9 nitrogen and oxygen atoms in total. The maximum atomic E-state index is 12.2. The van der Waals surface area contributed by atoms with Gasteiger partial charge in [0.05, 0.1) is 22.9 Å². The minimum absolute atomic E-state index is 0.268. The van der Waals surface area contributed by atoms with Gasteiger partial charge < -0.3 is 10.6 Å². The van der Waals surface area contributed by atoms with Gasteiger partial charge in [-0.15, -0.1) is 10.2 Å². The van der Waals surface area contributed by atoms with Gasteiger partial charge in [-0.05, 0) is 37.3 Å². The average Bonchev–Trinajstić information content (AvgIpc) is 3.17. The standard InChI is InChI=1S/C19H18N8O/c1-13-8-11-27(26-13)18-7-6-17(24-25-18)20-9-10-21-19(28)16-12-22-14-4-2-3-5-15(14)23-16/h2-8,11-12H,9-10H2,1H3,(H,20,24)(H,21,28). The Hall–Kier alpha value is -3.88. The van der Waals surface area contributed by atoms with Crippen molar-refractivity contribution in [2.24, 2.45) is 0 Å². The Morgan fingerprint density at radius 2 is 1.89 bits per heavy atom. The minimum atomic E-state index is -0.268. The third kappa shape index (κ3) is 3.93. The topological polar surface area (TPSA) is 111 Å². The van der Waals surface area contributed by atoms with Crippen LogP contribution < -0.4 is 10.6 Å². The molecule has 2 N–H and O–H groups in total. The van der Waals surface area contributed by atoms with Crippen LogP contribution in [0.4, 0.5) is 5.82 Å². The molecule has 0 fully saturated rings. The van der Waals surface area contributed by atoms with E-state index in [1.54, 1.807) is 4.68 Å². The molecule has 4 rings (SSSR count). The highest BCUT2D eigenvalue weighted by molar-refractivity contribution is 5.93. The number of carbonyl (C=O) groups excluding carboxylic acids is 1. The SMILES string of the molecule is Cc1ccn(-c2ccc(NCCNC(=O)c3cnc4ccccc4n3)nn2)n1. The predicted octanol–water partition coefficient (Wildman–Crippen LogP) is 1.76. The van der Waals surface area contributed by atoms with Gasteiger partial charge in [-0.25, -0.2) is 9.67 Å². The molecule has 0 atom stereocenters. The van der Waals surface area contributed by atoms with Crippen molar-refractivity contribution in [3.05, 3.63) is 66.2 Å². The summed E-state index contributed by atoms with van der Waals surface area (Å²) in [6.07, 6.45) is 3.31. The lowest BCUT2D eigenvalue weighted by Crippen LogP contribution is -2.29. The highest BCUT2D eigenvalue weighted by Gasteiger charge is 2.08. The van der Waals surface area contributed by atoms with Gasteiger partial charge in [0.15, 0.2) is 5.82 Å². The minimum Gasteiger partial charge on any atom is -0.367 e. The second-order valence-electron chi connectivity index (χ2n) is 6.11. The average molecular weight is 374 g/mol. The maximum Gasteiger partial charge on any atom is 0.271 e. The Morgan fingerprint density at radius 3 is 2.64 bits per heavy atom. The molecule has 0 saturated heterocycles. The summed E-state index contributed by atoms with van der Waals surface area (Å²) in [6, 6.07) is 13.0. The van der Waals surface area contributed by atoms with E-state index in [0.29, 0.717) is 30.2 Å². The van der Waals surface area contributed by atoms with Crippen molar-refractivity contribution in [3.63, 3.8) is 0 Å². The van der Waals surface area contributed by atoms with Crippen molar-refractivity contribution in [1.29, 1.82) is 0 Å². The summed E-state index contributed by atoms with van der Waals surface area (Å²) in [5, 5.41) is 18.5. The third-order valence-electron chi connectivity index (χ3n) is 4.01. The number of nitrogens with zero attached hydrogens (tertiary/aromatic N) is 6. The fourth-order valence-electron chi connectivity index (χ4n) is 2.61. The first-order valence-corrected chi connectivity index (χ1v) is 8.79. The van der Waals surface area contributed by atoms with Gasteiger partial charge in [0.2, 0.25) is 0 Å². The number of carbonyl (C=O) groups is 1. The summed E-state index contributed by atoms with van der Waals surface area (Å²) in [5.74, 6) is 0.991. The van der Waals surface area contributed by atoms with E-state index in [2.05, 4.69) is 35.9 Å². The van der Waals surface area contributed by atoms with Crippen molar-refractivity contribution in [2.75, 3.05) is 18.4 Å². The van der Waals surface area contributed by atoms with Crippen LogP contribution in [-0.4, -0.2) is 48.9 Å². The van der Waals surface area contributed by atoms with Gasteiger partial charge in [-0.3, -0.25) is 9.78 Å². The summed E-state index contributed by atoms with van der Waals surface area (Å²) < 4.78 is 1.66. The Kier molecular flexibility index (Phi) is 4.87. The van der Waals surface area contributed by atoms with Crippen molar-refractivity contribution < 1.29 is 4.79 Å². The number of benzene rings is 1. The van der Waals surface area contributed by atoms with Gasteiger partial charge in [0.25, 0.3) is 5.91 Å².